The third-order valence-corrected chi connectivity index (χ3v) is 6.61. The van der Waals surface area contributed by atoms with Gasteiger partial charge in [-0.2, -0.15) is 0 Å². The average molecular weight is 512 g/mol. The minimum atomic E-state index is -0.0799. The molecule has 202 valence electrons. The molecule has 1 N–H and O–H groups in total. The number of anilines is 1. The van der Waals surface area contributed by atoms with Crippen LogP contribution in [0.2, 0.25) is 0 Å². The summed E-state index contributed by atoms with van der Waals surface area (Å²) in [5.41, 5.74) is 2.45. The summed E-state index contributed by atoms with van der Waals surface area (Å²) in [5.74, 6) is 0.838. The molecule has 2 aromatic carbocycles. The smallest absolute Gasteiger partial charge is 0.258 e. The van der Waals surface area contributed by atoms with Gasteiger partial charge in [0.2, 0.25) is 5.91 Å². The van der Waals surface area contributed by atoms with Crippen molar-refractivity contribution in [2.45, 2.75) is 32.6 Å². The zero-order chi connectivity index (χ0) is 26.5. The van der Waals surface area contributed by atoms with E-state index in [0.29, 0.717) is 37.6 Å². The maximum Gasteiger partial charge on any atom is 0.258 e. The largest absolute Gasteiger partial charge is 0.491 e. The molecule has 1 saturated heterocycles. The molecule has 0 radical (unpaired) electrons. The SMILES string of the molecule is Cc1ccc(N(C)C(=O)c2ccccc2)c(OCCCCCC(=O)N2CCN(CCOCCO)CC2)c1. The summed E-state index contributed by atoms with van der Waals surface area (Å²) in [7, 11) is 1.77. The first-order valence-corrected chi connectivity index (χ1v) is 13.2. The fourth-order valence-electron chi connectivity index (χ4n) is 4.37. The lowest BCUT2D eigenvalue weighted by Crippen LogP contribution is -2.49. The third kappa shape index (κ3) is 9.14. The Labute approximate surface area is 220 Å². The van der Waals surface area contributed by atoms with Crippen molar-refractivity contribution in [3.63, 3.8) is 0 Å². The predicted octanol–water partition coefficient (Wildman–Crippen LogP) is 3.36. The van der Waals surface area contributed by atoms with Crippen LogP contribution in [0, 0.1) is 6.92 Å². The maximum absolute atomic E-state index is 12.9. The number of piperazine rings is 1. The Hall–Kier alpha value is -2.94. The molecule has 0 aromatic heterocycles. The molecule has 8 heteroatoms. The van der Waals surface area contributed by atoms with Crippen molar-refractivity contribution >= 4 is 17.5 Å². The van der Waals surface area contributed by atoms with E-state index < -0.39 is 0 Å². The minimum absolute atomic E-state index is 0.0501. The number of carbonyl (C=O) groups excluding carboxylic acids is 2. The molecule has 0 atom stereocenters. The van der Waals surface area contributed by atoms with E-state index in [1.807, 2.05) is 60.4 Å². The second kappa shape index (κ2) is 15.3. The minimum Gasteiger partial charge on any atom is -0.491 e. The molecule has 0 bridgehead atoms. The number of benzene rings is 2. The zero-order valence-electron chi connectivity index (χ0n) is 22.2. The fraction of sp³-hybridized carbons (Fsp3) is 0.517. The molecule has 2 aromatic rings. The Kier molecular flexibility index (Phi) is 11.9. The van der Waals surface area contributed by atoms with Crippen molar-refractivity contribution < 1.29 is 24.2 Å². The molecule has 1 aliphatic heterocycles. The number of unbranched alkanes of at least 4 members (excludes halogenated alkanes) is 2. The number of amides is 2. The lowest BCUT2D eigenvalue weighted by atomic mass is 10.1. The molecule has 1 aliphatic rings. The number of nitrogens with zero attached hydrogens (tertiary/aromatic N) is 3. The van der Waals surface area contributed by atoms with Crippen LogP contribution in [0.15, 0.2) is 48.5 Å². The molecule has 8 nitrogen and oxygen atoms in total. The Bertz CT molecular complexity index is 977. The molecule has 0 aliphatic carbocycles. The number of aryl methyl sites for hydroxylation is 1. The number of aliphatic hydroxyl groups excluding tert-OH is 1. The number of rotatable bonds is 14. The van der Waals surface area contributed by atoms with Crippen LogP contribution in [0.1, 0.15) is 41.6 Å². The highest BCUT2D eigenvalue weighted by Crippen LogP contribution is 2.30. The van der Waals surface area contributed by atoms with Gasteiger partial charge in [-0.05, 0) is 56.0 Å². The van der Waals surface area contributed by atoms with Gasteiger partial charge in [0.05, 0.1) is 32.1 Å². The first-order valence-electron chi connectivity index (χ1n) is 13.2. The van der Waals surface area contributed by atoms with Gasteiger partial charge in [0, 0.05) is 51.8 Å². The van der Waals surface area contributed by atoms with Gasteiger partial charge in [-0.15, -0.1) is 0 Å². The third-order valence-electron chi connectivity index (χ3n) is 6.61. The molecule has 1 fully saturated rings. The van der Waals surface area contributed by atoms with E-state index >= 15 is 0 Å². The topological polar surface area (TPSA) is 82.6 Å². The monoisotopic (exact) mass is 511 g/mol. The first-order chi connectivity index (χ1) is 18.0. The summed E-state index contributed by atoms with van der Waals surface area (Å²) < 4.78 is 11.4. The summed E-state index contributed by atoms with van der Waals surface area (Å²) >= 11 is 0. The van der Waals surface area contributed by atoms with Crippen molar-refractivity contribution in [3.05, 3.63) is 59.7 Å². The lowest BCUT2D eigenvalue weighted by Gasteiger charge is -2.34. The molecule has 0 spiro atoms. The molecule has 2 amide bonds. The van der Waals surface area contributed by atoms with Crippen LogP contribution >= 0.6 is 0 Å². The van der Waals surface area contributed by atoms with E-state index in [4.69, 9.17) is 14.6 Å². The Morgan fingerprint density at radius 1 is 0.946 bits per heavy atom. The molecular weight excluding hydrogens is 470 g/mol. The van der Waals surface area contributed by atoms with Crippen molar-refractivity contribution in [1.82, 2.24) is 9.80 Å². The predicted molar refractivity (Wildman–Crippen MR) is 145 cm³/mol. The van der Waals surface area contributed by atoms with Crippen molar-refractivity contribution in [3.8, 4) is 5.75 Å². The van der Waals surface area contributed by atoms with E-state index in [0.717, 1.165) is 63.2 Å². The van der Waals surface area contributed by atoms with Gasteiger partial charge in [-0.1, -0.05) is 24.3 Å². The quantitative estimate of drug-likeness (QED) is 0.392. The van der Waals surface area contributed by atoms with Gasteiger partial charge in [0.15, 0.2) is 0 Å². The summed E-state index contributed by atoms with van der Waals surface area (Å²) in [4.78, 5) is 31.4. The second-order valence-electron chi connectivity index (χ2n) is 9.42. The summed E-state index contributed by atoms with van der Waals surface area (Å²) in [6.07, 6.45) is 3.15. The summed E-state index contributed by atoms with van der Waals surface area (Å²) in [6.45, 7) is 7.66. The molecule has 3 rings (SSSR count). The molecule has 1 heterocycles. The van der Waals surface area contributed by atoms with Crippen LogP contribution in [-0.2, 0) is 9.53 Å². The highest BCUT2D eigenvalue weighted by Gasteiger charge is 2.20. The van der Waals surface area contributed by atoms with Gasteiger partial charge >= 0.3 is 0 Å². The summed E-state index contributed by atoms with van der Waals surface area (Å²) in [6, 6.07) is 15.1. The van der Waals surface area contributed by atoms with Crippen molar-refractivity contribution in [2.24, 2.45) is 0 Å². The number of hydrogen-bond acceptors (Lipinski definition) is 6. The van der Waals surface area contributed by atoms with E-state index in [1.165, 1.54) is 0 Å². The van der Waals surface area contributed by atoms with Crippen LogP contribution < -0.4 is 9.64 Å². The second-order valence-corrected chi connectivity index (χ2v) is 9.42. The summed E-state index contributed by atoms with van der Waals surface area (Å²) in [5, 5.41) is 8.76. The highest BCUT2D eigenvalue weighted by molar-refractivity contribution is 6.06. The average Bonchev–Trinajstić information content (AvgIpc) is 2.93. The van der Waals surface area contributed by atoms with Crippen molar-refractivity contribution in [1.29, 1.82) is 0 Å². The Morgan fingerprint density at radius 2 is 1.70 bits per heavy atom. The number of aliphatic hydroxyl groups is 1. The molecular formula is C29H41N3O5. The van der Waals surface area contributed by atoms with Gasteiger partial charge in [0.25, 0.3) is 5.91 Å². The van der Waals surface area contributed by atoms with Crippen LogP contribution in [0.4, 0.5) is 5.69 Å². The number of carbonyl (C=O) groups is 2. The lowest BCUT2D eigenvalue weighted by molar-refractivity contribution is -0.133. The standard InChI is InChI=1S/C29H41N3O5/c1-24-12-13-26(30(2)29(35)25-9-5-3-6-10-25)27(23-24)37-20-8-4-7-11-28(34)32-16-14-31(15-17-32)18-21-36-22-19-33/h3,5-6,9-10,12-13,23,33H,4,7-8,11,14-22H2,1-2H3. The van der Waals surface area contributed by atoms with Crippen LogP contribution in [0.25, 0.3) is 0 Å². The molecule has 37 heavy (non-hydrogen) atoms. The molecule has 0 unspecified atom stereocenters. The van der Waals surface area contributed by atoms with Gasteiger partial charge in [0.1, 0.15) is 5.75 Å². The van der Waals surface area contributed by atoms with E-state index in [9.17, 15) is 9.59 Å². The van der Waals surface area contributed by atoms with Crippen molar-refractivity contribution in [2.75, 3.05) is 71.1 Å². The Balaban J connectivity index is 1.36. The first kappa shape index (κ1) is 28.6. The zero-order valence-corrected chi connectivity index (χ0v) is 22.2. The highest BCUT2D eigenvalue weighted by atomic mass is 16.5. The van der Waals surface area contributed by atoms with Crippen LogP contribution in [-0.4, -0.2) is 92.9 Å². The van der Waals surface area contributed by atoms with E-state index in [-0.39, 0.29) is 18.4 Å². The van der Waals surface area contributed by atoms with Crippen LogP contribution in [0.5, 0.6) is 5.75 Å². The van der Waals surface area contributed by atoms with Gasteiger partial charge in [-0.3, -0.25) is 14.5 Å². The fourth-order valence-corrected chi connectivity index (χ4v) is 4.37. The number of hydrogen-bond donors (Lipinski definition) is 1. The maximum atomic E-state index is 12.9. The van der Waals surface area contributed by atoms with Gasteiger partial charge in [-0.25, -0.2) is 0 Å². The molecule has 0 saturated carbocycles. The van der Waals surface area contributed by atoms with Crippen LogP contribution in [0.3, 0.4) is 0 Å². The van der Waals surface area contributed by atoms with E-state index in [1.54, 1.807) is 11.9 Å². The van der Waals surface area contributed by atoms with Gasteiger partial charge < -0.3 is 24.4 Å². The van der Waals surface area contributed by atoms with E-state index in [2.05, 4.69) is 4.90 Å². The normalized spacial score (nSPS) is 14.0. The number of ether oxygens (including phenoxy) is 2. The Morgan fingerprint density at radius 3 is 2.43 bits per heavy atom.